The van der Waals surface area contributed by atoms with Crippen molar-refractivity contribution in [1.29, 1.82) is 0 Å². The molecule has 8 heteroatoms. The Kier molecular flexibility index (Phi) is 7.73. The molecule has 1 aliphatic heterocycles. The van der Waals surface area contributed by atoms with Crippen LogP contribution >= 0.6 is 0 Å². The average molecular weight is 431 g/mol. The molecule has 0 radical (unpaired) electrons. The summed E-state index contributed by atoms with van der Waals surface area (Å²) in [6.45, 7) is 0. The monoisotopic (exact) mass is 430 g/mol. The summed E-state index contributed by atoms with van der Waals surface area (Å²) in [7, 11) is 6.15. The summed E-state index contributed by atoms with van der Waals surface area (Å²) in [5.74, 6) is 0.998. The van der Waals surface area contributed by atoms with E-state index in [1.54, 1.807) is 27.4 Å². The van der Waals surface area contributed by atoms with Gasteiger partial charge in [0.05, 0.1) is 34.9 Å². The molecule has 1 aliphatic rings. The Morgan fingerprint density at radius 2 is 1.65 bits per heavy atom. The maximum absolute atomic E-state index is 12.3. The van der Waals surface area contributed by atoms with E-state index in [4.69, 9.17) is 18.9 Å². The number of carbonyl (C=O) groups is 1. The van der Waals surface area contributed by atoms with Crippen molar-refractivity contribution in [3.05, 3.63) is 53.6 Å². The van der Waals surface area contributed by atoms with Crippen molar-refractivity contribution in [3.8, 4) is 17.2 Å². The number of aliphatic hydroxyl groups excluding tert-OH is 1. The van der Waals surface area contributed by atoms with E-state index in [9.17, 15) is 9.90 Å². The Morgan fingerprint density at radius 1 is 0.968 bits per heavy atom. The van der Waals surface area contributed by atoms with E-state index < -0.39 is 6.23 Å². The van der Waals surface area contributed by atoms with E-state index in [2.05, 4.69) is 10.9 Å². The number of hydrogen-bond acceptors (Lipinski definition) is 8. The van der Waals surface area contributed by atoms with Crippen LogP contribution in [0.2, 0.25) is 0 Å². The third-order valence-corrected chi connectivity index (χ3v) is 5.78. The zero-order valence-electron chi connectivity index (χ0n) is 18.3. The van der Waals surface area contributed by atoms with Crippen molar-refractivity contribution in [1.82, 2.24) is 10.9 Å². The number of methoxy groups -OCH3 is 4. The summed E-state index contributed by atoms with van der Waals surface area (Å²) in [6, 6.07) is 13.1. The van der Waals surface area contributed by atoms with Gasteiger partial charge in [0.2, 0.25) is 0 Å². The quantitative estimate of drug-likeness (QED) is 0.520. The second-order valence-corrected chi connectivity index (χ2v) is 7.46. The summed E-state index contributed by atoms with van der Waals surface area (Å²) >= 11 is 0. The average Bonchev–Trinajstić information content (AvgIpc) is 3.16. The Balaban J connectivity index is 1.94. The van der Waals surface area contributed by atoms with Gasteiger partial charge in [0.25, 0.3) is 0 Å². The van der Waals surface area contributed by atoms with E-state index in [1.165, 1.54) is 7.11 Å². The molecule has 0 aliphatic carbocycles. The summed E-state index contributed by atoms with van der Waals surface area (Å²) in [4.78, 5) is 12.3. The lowest BCUT2D eigenvalue weighted by Crippen LogP contribution is -2.36. The first-order valence-corrected chi connectivity index (χ1v) is 10.1. The third-order valence-electron chi connectivity index (χ3n) is 5.78. The van der Waals surface area contributed by atoms with Gasteiger partial charge in [0, 0.05) is 23.9 Å². The van der Waals surface area contributed by atoms with E-state index in [1.807, 2.05) is 36.4 Å². The van der Waals surface area contributed by atoms with E-state index >= 15 is 0 Å². The van der Waals surface area contributed by atoms with Crippen molar-refractivity contribution < 1.29 is 28.8 Å². The van der Waals surface area contributed by atoms with Gasteiger partial charge in [-0.1, -0.05) is 18.2 Å². The van der Waals surface area contributed by atoms with Crippen LogP contribution in [0.3, 0.4) is 0 Å². The predicted octanol–water partition coefficient (Wildman–Crippen LogP) is 2.01. The van der Waals surface area contributed by atoms with Crippen molar-refractivity contribution >= 4 is 5.97 Å². The van der Waals surface area contributed by atoms with Gasteiger partial charge in [-0.2, -0.15) is 0 Å². The molecule has 0 bridgehead atoms. The molecule has 2 aromatic rings. The normalized spacial score (nSPS) is 21.4. The fourth-order valence-corrected chi connectivity index (χ4v) is 4.15. The number of hydrazine groups is 1. The highest BCUT2D eigenvalue weighted by atomic mass is 16.5. The maximum Gasteiger partial charge on any atom is 0.306 e. The number of ether oxygens (including phenoxy) is 4. The van der Waals surface area contributed by atoms with Crippen LogP contribution in [0.15, 0.2) is 42.5 Å². The van der Waals surface area contributed by atoms with Crippen molar-refractivity contribution in [3.63, 3.8) is 0 Å². The number of carbonyl (C=O) groups excluding carboxylic acids is 1. The van der Waals surface area contributed by atoms with Gasteiger partial charge >= 0.3 is 5.97 Å². The topological polar surface area (TPSA) is 98.3 Å². The van der Waals surface area contributed by atoms with E-state index in [-0.39, 0.29) is 30.3 Å². The van der Waals surface area contributed by atoms with E-state index in [0.717, 1.165) is 16.9 Å². The standard InChI is InChI=1S/C23H30N2O6/c1-28-15-7-5-14(6-8-15)11-19-22(23(27)25-24-19)18(13-21(26)31-4)17-10-9-16(29-2)12-20(17)30-3/h5-10,12,18-19,22-25,27H,11,13H2,1-4H3. The molecule has 31 heavy (non-hydrogen) atoms. The molecule has 0 aromatic heterocycles. The number of rotatable bonds is 9. The lowest BCUT2D eigenvalue weighted by atomic mass is 9.77. The molecule has 0 amide bonds. The van der Waals surface area contributed by atoms with Crippen LogP contribution in [-0.2, 0) is 16.0 Å². The van der Waals surface area contributed by atoms with Gasteiger partial charge in [-0.25, -0.2) is 5.43 Å². The first-order valence-electron chi connectivity index (χ1n) is 10.1. The van der Waals surface area contributed by atoms with Crippen LogP contribution in [0, 0.1) is 5.92 Å². The van der Waals surface area contributed by atoms with Crippen molar-refractivity contribution in [2.45, 2.75) is 31.0 Å². The van der Waals surface area contributed by atoms with Crippen LogP contribution in [0.5, 0.6) is 17.2 Å². The highest BCUT2D eigenvalue weighted by molar-refractivity contribution is 5.71. The SMILES string of the molecule is COC(=O)CC(c1ccc(OC)cc1OC)C1C(O)NNC1Cc1ccc(OC)cc1. The second-order valence-electron chi connectivity index (χ2n) is 7.46. The molecule has 2 aromatic carbocycles. The van der Waals surface area contributed by atoms with Gasteiger partial charge in [-0.3, -0.25) is 10.2 Å². The minimum absolute atomic E-state index is 0.101. The fourth-order valence-electron chi connectivity index (χ4n) is 4.15. The lowest BCUT2D eigenvalue weighted by Gasteiger charge is -2.30. The van der Waals surface area contributed by atoms with Crippen molar-refractivity contribution in [2.75, 3.05) is 28.4 Å². The lowest BCUT2D eigenvalue weighted by molar-refractivity contribution is -0.141. The fraction of sp³-hybridized carbons (Fsp3) is 0.435. The number of aliphatic hydroxyl groups is 1. The van der Waals surface area contributed by atoms with Gasteiger partial charge in [-0.15, -0.1) is 0 Å². The van der Waals surface area contributed by atoms with Crippen LogP contribution in [0.25, 0.3) is 0 Å². The minimum Gasteiger partial charge on any atom is -0.497 e. The van der Waals surface area contributed by atoms with Crippen LogP contribution in [-0.4, -0.2) is 51.8 Å². The number of nitrogens with one attached hydrogen (secondary N) is 2. The number of benzene rings is 2. The molecule has 168 valence electrons. The highest BCUT2D eigenvalue weighted by Gasteiger charge is 2.42. The molecule has 1 fully saturated rings. The van der Waals surface area contributed by atoms with E-state index in [0.29, 0.717) is 17.9 Å². The third kappa shape index (κ3) is 5.28. The van der Waals surface area contributed by atoms with Crippen LogP contribution in [0.4, 0.5) is 0 Å². The van der Waals surface area contributed by atoms with Crippen LogP contribution < -0.4 is 25.1 Å². The maximum atomic E-state index is 12.3. The predicted molar refractivity (Wildman–Crippen MR) is 115 cm³/mol. The molecular weight excluding hydrogens is 400 g/mol. The molecule has 4 unspecified atom stereocenters. The van der Waals surface area contributed by atoms with Gasteiger partial charge in [-0.05, 0) is 35.7 Å². The molecule has 0 saturated carbocycles. The summed E-state index contributed by atoms with van der Waals surface area (Å²) in [5.41, 5.74) is 8.00. The van der Waals surface area contributed by atoms with Gasteiger partial charge in [0.1, 0.15) is 23.5 Å². The molecule has 8 nitrogen and oxygen atoms in total. The molecule has 1 saturated heterocycles. The minimum atomic E-state index is -0.857. The first kappa shape index (κ1) is 22.9. The smallest absolute Gasteiger partial charge is 0.306 e. The van der Waals surface area contributed by atoms with Crippen molar-refractivity contribution in [2.24, 2.45) is 5.92 Å². The molecule has 3 rings (SSSR count). The molecule has 0 spiro atoms. The zero-order valence-corrected chi connectivity index (χ0v) is 18.3. The van der Waals surface area contributed by atoms with Crippen LogP contribution in [0.1, 0.15) is 23.5 Å². The highest BCUT2D eigenvalue weighted by Crippen LogP contribution is 2.41. The Bertz CT molecular complexity index is 873. The Hall–Kier alpha value is -2.81. The molecular formula is C23H30N2O6. The molecule has 3 N–H and O–H groups in total. The van der Waals surface area contributed by atoms with Gasteiger partial charge < -0.3 is 24.1 Å². The summed E-state index contributed by atoms with van der Waals surface area (Å²) < 4.78 is 21.1. The first-order chi connectivity index (χ1) is 15.0. The largest absolute Gasteiger partial charge is 0.497 e. The molecule has 1 heterocycles. The summed E-state index contributed by atoms with van der Waals surface area (Å²) in [5, 5.41) is 10.8. The number of hydrogen-bond donors (Lipinski definition) is 3. The second kappa shape index (κ2) is 10.5. The Labute approximate surface area is 182 Å². The zero-order chi connectivity index (χ0) is 22.4. The van der Waals surface area contributed by atoms with Gasteiger partial charge in [0.15, 0.2) is 0 Å². The number of esters is 1. The summed E-state index contributed by atoms with van der Waals surface area (Å²) in [6.07, 6.45) is -0.108. The molecule has 4 atom stereocenters. The Morgan fingerprint density at radius 3 is 2.26 bits per heavy atom.